The fourth-order valence-corrected chi connectivity index (χ4v) is 9.76. The number of rotatable bonds is 6. The first-order valence-electron chi connectivity index (χ1n) is 21.1. The molecule has 0 unspecified atom stereocenters. The molecule has 4 heteroatoms. The largest absolute Gasteiger partial charge is 0.456 e. The fraction of sp³-hybridized carbons (Fsp3) is 0. The molecule has 0 saturated heterocycles. The van der Waals surface area contributed by atoms with Crippen molar-refractivity contribution in [2.75, 3.05) is 4.90 Å². The van der Waals surface area contributed by atoms with Crippen LogP contribution in [0.1, 0.15) is 0 Å². The first-order valence-corrected chi connectivity index (χ1v) is 21.1. The topological polar surface area (TPSA) is 34.5 Å². The van der Waals surface area contributed by atoms with E-state index < -0.39 is 0 Å². The van der Waals surface area contributed by atoms with Gasteiger partial charge in [0.15, 0.2) is 0 Å². The normalized spacial score (nSPS) is 11.9. The van der Waals surface area contributed by atoms with Gasteiger partial charge in [-0.25, -0.2) is 0 Å². The molecule has 0 aliphatic heterocycles. The van der Waals surface area contributed by atoms with Crippen LogP contribution in [0.3, 0.4) is 0 Å². The minimum absolute atomic E-state index is 0.856. The average Bonchev–Trinajstić information content (AvgIpc) is 4.02. The summed E-state index contributed by atoms with van der Waals surface area (Å²) in [5.41, 5.74) is 14.9. The second kappa shape index (κ2) is 13.6. The highest BCUT2D eigenvalue weighted by Gasteiger charge is 2.22. The summed E-state index contributed by atoms with van der Waals surface area (Å²) in [4.78, 5) is 2.37. The quantitative estimate of drug-likeness (QED) is 0.168. The lowest BCUT2D eigenvalue weighted by atomic mass is 9.98. The zero-order valence-corrected chi connectivity index (χ0v) is 33.5. The maximum absolute atomic E-state index is 6.71. The molecule has 0 fully saturated rings. The van der Waals surface area contributed by atoms with Gasteiger partial charge in [0.05, 0.1) is 22.1 Å². The number of furan rings is 2. The molecule has 290 valence electrons. The Morgan fingerprint density at radius 2 is 1.00 bits per heavy atom. The van der Waals surface area contributed by atoms with Crippen LogP contribution in [0.2, 0.25) is 0 Å². The lowest BCUT2D eigenvalue weighted by Gasteiger charge is -2.26. The highest BCUT2D eigenvalue weighted by molar-refractivity contribution is 6.20. The molecule has 10 aromatic carbocycles. The molecule has 13 aromatic rings. The van der Waals surface area contributed by atoms with Crippen molar-refractivity contribution in [1.29, 1.82) is 0 Å². The van der Waals surface area contributed by atoms with E-state index in [9.17, 15) is 0 Å². The average molecular weight is 793 g/mol. The van der Waals surface area contributed by atoms with Gasteiger partial charge in [0, 0.05) is 49.4 Å². The Kier molecular flexibility index (Phi) is 7.57. The van der Waals surface area contributed by atoms with Crippen LogP contribution in [0.15, 0.2) is 227 Å². The number of fused-ring (bicyclic) bond motifs is 11. The van der Waals surface area contributed by atoms with Gasteiger partial charge < -0.3 is 18.3 Å². The maximum atomic E-state index is 6.71. The standard InChI is InChI=1S/C58H36N2O2/c1-2-13-41(14-3-1)60-50-19-8-6-17-47(50)56-44(18-10-20-51(56)60)39-26-32-43(33-27-39)59(52-21-11-23-55-57(52)48-34-28-38-12-4-5-15-45(38)58(48)62-55)42-30-24-37(25-31-42)40-29-35-54-49(36-40)46-16-7-9-22-53(46)61-54/h1-36H. The number of para-hydroxylation sites is 3. The molecule has 0 bridgehead atoms. The van der Waals surface area contributed by atoms with Crippen molar-refractivity contribution in [3.05, 3.63) is 218 Å². The summed E-state index contributed by atoms with van der Waals surface area (Å²) in [6, 6.07) is 78.0. The summed E-state index contributed by atoms with van der Waals surface area (Å²) in [5.74, 6) is 0. The first kappa shape index (κ1) is 34.5. The number of benzene rings is 10. The summed E-state index contributed by atoms with van der Waals surface area (Å²) < 4.78 is 15.2. The zero-order valence-electron chi connectivity index (χ0n) is 33.5. The van der Waals surface area contributed by atoms with Gasteiger partial charge in [-0.05, 0) is 113 Å². The summed E-state index contributed by atoms with van der Waals surface area (Å²) >= 11 is 0. The van der Waals surface area contributed by atoms with Crippen molar-refractivity contribution in [3.8, 4) is 27.9 Å². The van der Waals surface area contributed by atoms with Gasteiger partial charge in [0.2, 0.25) is 0 Å². The molecular weight excluding hydrogens is 757 g/mol. The third kappa shape index (κ3) is 5.27. The predicted molar refractivity (Wildman–Crippen MR) is 258 cm³/mol. The van der Waals surface area contributed by atoms with Gasteiger partial charge in [-0.3, -0.25) is 0 Å². The molecule has 0 aliphatic carbocycles. The highest BCUT2D eigenvalue weighted by Crippen LogP contribution is 2.46. The summed E-state index contributed by atoms with van der Waals surface area (Å²) in [5, 5.41) is 9.17. The van der Waals surface area contributed by atoms with Crippen LogP contribution < -0.4 is 4.90 Å². The van der Waals surface area contributed by atoms with Gasteiger partial charge in [-0.1, -0.05) is 133 Å². The number of aromatic nitrogens is 1. The molecule has 4 nitrogen and oxygen atoms in total. The van der Waals surface area contributed by atoms with Crippen molar-refractivity contribution >= 4 is 93.5 Å². The minimum atomic E-state index is 0.856. The van der Waals surface area contributed by atoms with Crippen LogP contribution in [-0.4, -0.2) is 4.57 Å². The van der Waals surface area contributed by atoms with E-state index in [1.54, 1.807) is 0 Å². The van der Waals surface area contributed by atoms with Crippen LogP contribution in [0, 0.1) is 0 Å². The molecule has 13 rings (SSSR count). The van der Waals surface area contributed by atoms with Crippen molar-refractivity contribution < 1.29 is 8.83 Å². The Labute approximate surface area is 356 Å². The Morgan fingerprint density at radius 1 is 0.355 bits per heavy atom. The van der Waals surface area contributed by atoms with Crippen molar-refractivity contribution in [3.63, 3.8) is 0 Å². The van der Waals surface area contributed by atoms with Crippen LogP contribution in [0.4, 0.5) is 17.1 Å². The molecule has 0 atom stereocenters. The van der Waals surface area contributed by atoms with Gasteiger partial charge in [0.25, 0.3) is 0 Å². The van der Waals surface area contributed by atoms with E-state index in [1.165, 1.54) is 27.4 Å². The number of hydrogen-bond acceptors (Lipinski definition) is 3. The van der Waals surface area contributed by atoms with Crippen LogP contribution >= 0.6 is 0 Å². The monoisotopic (exact) mass is 792 g/mol. The van der Waals surface area contributed by atoms with E-state index in [2.05, 4.69) is 216 Å². The molecule has 0 radical (unpaired) electrons. The van der Waals surface area contributed by atoms with Crippen LogP contribution in [0.5, 0.6) is 0 Å². The third-order valence-electron chi connectivity index (χ3n) is 12.6. The second-order valence-electron chi connectivity index (χ2n) is 16.0. The van der Waals surface area contributed by atoms with Gasteiger partial charge in [0.1, 0.15) is 22.3 Å². The van der Waals surface area contributed by atoms with E-state index in [1.807, 2.05) is 12.1 Å². The Hall–Kier alpha value is -8.34. The second-order valence-corrected chi connectivity index (χ2v) is 16.0. The fourth-order valence-electron chi connectivity index (χ4n) is 9.76. The van der Waals surface area contributed by atoms with E-state index >= 15 is 0 Å². The predicted octanol–water partition coefficient (Wildman–Crippen LogP) is 16.5. The molecule has 0 amide bonds. The lowest BCUT2D eigenvalue weighted by molar-refractivity contribution is 0.669. The Balaban J connectivity index is 0.974. The lowest BCUT2D eigenvalue weighted by Crippen LogP contribution is -2.10. The molecule has 0 saturated carbocycles. The van der Waals surface area contributed by atoms with E-state index in [4.69, 9.17) is 8.83 Å². The van der Waals surface area contributed by atoms with E-state index in [0.717, 1.165) is 94.1 Å². The number of anilines is 3. The Morgan fingerprint density at radius 3 is 1.84 bits per heavy atom. The molecule has 0 spiro atoms. The zero-order chi connectivity index (χ0) is 40.7. The molecule has 0 N–H and O–H groups in total. The maximum Gasteiger partial charge on any atom is 0.143 e. The smallest absolute Gasteiger partial charge is 0.143 e. The van der Waals surface area contributed by atoms with Gasteiger partial charge >= 0.3 is 0 Å². The highest BCUT2D eigenvalue weighted by atomic mass is 16.3. The van der Waals surface area contributed by atoms with Crippen LogP contribution in [-0.2, 0) is 0 Å². The van der Waals surface area contributed by atoms with E-state index in [-0.39, 0.29) is 0 Å². The van der Waals surface area contributed by atoms with Crippen molar-refractivity contribution in [2.24, 2.45) is 0 Å². The molecule has 3 heterocycles. The molecule has 3 aromatic heterocycles. The first-order chi connectivity index (χ1) is 30.7. The van der Waals surface area contributed by atoms with Gasteiger partial charge in [-0.2, -0.15) is 0 Å². The minimum Gasteiger partial charge on any atom is -0.456 e. The Bertz CT molecular complexity index is 3850. The molecule has 62 heavy (non-hydrogen) atoms. The van der Waals surface area contributed by atoms with Crippen LogP contribution in [0.25, 0.3) is 104 Å². The van der Waals surface area contributed by atoms with Gasteiger partial charge in [-0.15, -0.1) is 0 Å². The molecule has 0 aliphatic rings. The van der Waals surface area contributed by atoms with Crippen molar-refractivity contribution in [1.82, 2.24) is 4.57 Å². The van der Waals surface area contributed by atoms with E-state index in [0.29, 0.717) is 0 Å². The SMILES string of the molecule is c1ccc(-n2c3ccccc3c3c(-c4ccc(N(c5ccc(-c6ccc7oc8ccccc8c7c6)cc5)c5cccc6oc7c8ccccc8ccc7c56)cc4)cccc32)cc1. The van der Waals surface area contributed by atoms with Crippen molar-refractivity contribution in [2.45, 2.75) is 0 Å². The number of nitrogens with zero attached hydrogens (tertiary/aromatic N) is 2. The molecular formula is C58H36N2O2. The summed E-state index contributed by atoms with van der Waals surface area (Å²) in [7, 11) is 0. The number of hydrogen-bond donors (Lipinski definition) is 0. The third-order valence-corrected chi connectivity index (χ3v) is 12.6. The summed E-state index contributed by atoms with van der Waals surface area (Å²) in [6.07, 6.45) is 0. The summed E-state index contributed by atoms with van der Waals surface area (Å²) in [6.45, 7) is 0.